The van der Waals surface area contributed by atoms with E-state index in [1.165, 1.54) is 4.90 Å². The summed E-state index contributed by atoms with van der Waals surface area (Å²) in [5.41, 5.74) is 0. The Labute approximate surface area is 101 Å². The number of carbonyl (C=O) groups is 2. The summed E-state index contributed by atoms with van der Waals surface area (Å²) in [5.74, 6) is -0.137. The molecule has 0 aromatic heterocycles. The number of aliphatic carboxylic acids is 1. The molecule has 1 saturated carbocycles. The monoisotopic (exact) mass is 240 g/mol. The summed E-state index contributed by atoms with van der Waals surface area (Å²) < 4.78 is 0. The zero-order chi connectivity index (χ0) is 12.4. The number of rotatable bonds is 5. The second-order valence-corrected chi connectivity index (χ2v) is 5.25. The van der Waals surface area contributed by atoms with E-state index >= 15 is 0 Å². The Morgan fingerprint density at radius 2 is 2.06 bits per heavy atom. The molecule has 0 bridgehead atoms. The van der Waals surface area contributed by atoms with Gasteiger partial charge in [0.2, 0.25) is 5.91 Å². The SMILES string of the molecule is CC1CCNC1C(=O)N(CC(=O)O)CC1CC1. The van der Waals surface area contributed by atoms with Gasteiger partial charge in [0.05, 0.1) is 6.04 Å². The van der Waals surface area contributed by atoms with Crippen LogP contribution in [0.5, 0.6) is 0 Å². The molecule has 1 aliphatic carbocycles. The Balaban J connectivity index is 1.97. The summed E-state index contributed by atoms with van der Waals surface area (Å²) >= 11 is 0. The molecule has 0 radical (unpaired) electrons. The first kappa shape index (κ1) is 12.4. The number of carboxylic acids is 1. The van der Waals surface area contributed by atoms with Gasteiger partial charge in [-0.25, -0.2) is 0 Å². The van der Waals surface area contributed by atoms with Crippen LogP contribution in [0.2, 0.25) is 0 Å². The highest BCUT2D eigenvalue weighted by Crippen LogP contribution is 2.30. The highest BCUT2D eigenvalue weighted by atomic mass is 16.4. The second kappa shape index (κ2) is 5.04. The largest absolute Gasteiger partial charge is 0.480 e. The molecule has 17 heavy (non-hydrogen) atoms. The summed E-state index contributed by atoms with van der Waals surface area (Å²) in [6.45, 7) is 3.33. The maximum absolute atomic E-state index is 12.3. The quantitative estimate of drug-likeness (QED) is 0.725. The van der Waals surface area contributed by atoms with Crippen molar-refractivity contribution in [3.05, 3.63) is 0 Å². The van der Waals surface area contributed by atoms with Crippen molar-refractivity contribution in [3.63, 3.8) is 0 Å². The Hall–Kier alpha value is -1.10. The highest BCUT2D eigenvalue weighted by molar-refractivity contribution is 5.85. The lowest BCUT2D eigenvalue weighted by Crippen LogP contribution is -2.48. The minimum atomic E-state index is -0.926. The number of carbonyl (C=O) groups excluding carboxylic acids is 1. The Bertz CT molecular complexity index is 315. The van der Waals surface area contributed by atoms with E-state index in [0.29, 0.717) is 18.4 Å². The summed E-state index contributed by atoms with van der Waals surface area (Å²) in [6.07, 6.45) is 3.23. The molecule has 2 N–H and O–H groups in total. The maximum atomic E-state index is 12.3. The van der Waals surface area contributed by atoms with Crippen LogP contribution in [0.1, 0.15) is 26.2 Å². The van der Waals surface area contributed by atoms with Gasteiger partial charge in [-0.3, -0.25) is 9.59 Å². The lowest BCUT2D eigenvalue weighted by Gasteiger charge is -2.26. The number of carboxylic acid groups (broad SMARTS) is 1. The summed E-state index contributed by atoms with van der Waals surface area (Å²) in [4.78, 5) is 24.6. The van der Waals surface area contributed by atoms with Crippen molar-refractivity contribution in [1.82, 2.24) is 10.2 Å². The van der Waals surface area contributed by atoms with E-state index in [9.17, 15) is 9.59 Å². The number of hydrogen-bond donors (Lipinski definition) is 2. The van der Waals surface area contributed by atoms with Crippen LogP contribution in [-0.2, 0) is 9.59 Å². The predicted molar refractivity (Wildman–Crippen MR) is 62.5 cm³/mol. The molecule has 0 spiro atoms. The topological polar surface area (TPSA) is 69.6 Å². The zero-order valence-corrected chi connectivity index (χ0v) is 10.2. The van der Waals surface area contributed by atoms with E-state index in [2.05, 4.69) is 5.32 Å². The molecule has 5 heteroatoms. The normalized spacial score (nSPS) is 28.1. The van der Waals surface area contributed by atoms with Gasteiger partial charge in [-0.05, 0) is 37.6 Å². The van der Waals surface area contributed by atoms with Crippen molar-refractivity contribution in [2.45, 2.75) is 32.2 Å². The fourth-order valence-electron chi connectivity index (χ4n) is 2.37. The average Bonchev–Trinajstić information content (AvgIpc) is 2.97. The van der Waals surface area contributed by atoms with Crippen molar-refractivity contribution in [1.29, 1.82) is 0 Å². The Morgan fingerprint density at radius 3 is 2.53 bits per heavy atom. The fourth-order valence-corrected chi connectivity index (χ4v) is 2.37. The molecule has 2 rings (SSSR count). The van der Waals surface area contributed by atoms with Crippen LogP contribution in [0.25, 0.3) is 0 Å². The van der Waals surface area contributed by atoms with Gasteiger partial charge in [0.25, 0.3) is 0 Å². The molecule has 1 aliphatic heterocycles. The van der Waals surface area contributed by atoms with Crippen LogP contribution < -0.4 is 5.32 Å². The molecule has 96 valence electrons. The molecule has 2 atom stereocenters. The molecule has 2 aliphatic rings. The Morgan fingerprint density at radius 1 is 1.35 bits per heavy atom. The van der Waals surface area contributed by atoms with E-state index in [1.54, 1.807) is 0 Å². The van der Waals surface area contributed by atoms with E-state index < -0.39 is 5.97 Å². The van der Waals surface area contributed by atoms with Crippen molar-refractivity contribution in [2.24, 2.45) is 11.8 Å². The lowest BCUT2D eigenvalue weighted by atomic mass is 10.0. The number of nitrogens with one attached hydrogen (secondary N) is 1. The molecule has 0 aromatic rings. The lowest BCUT2D eigenvalue weighted by molar-refractivity contribution is -0.145. The molecule has 2 unspecified atom stereocenters. The molecule has 1 saturated heterocycles. The van der Waals surface area contributed by atoms with Crippen LogP contribution >= 0.6 is 0 Å². The third-order valence-electron chi connectivity index (χ3n) is 3.61. The first-order chi connectivity index (χ1) is 8.08. The van der Waals surface area contributed by atoms with Crippen molar-refractivity contribution >= 4 is 11.9 Å². The van der Waals surface area contributed by atoms with Gasteiger partial charge < -0.3 is 15.3 Å². The molecule has 0 aromatic carbocycles. The van der Waals surface area contributed by atoms with Gasteiger partial charge in [0.1, 0.15) is 6.54 Å². The van der Waals surface area contributed by atoms with Crippen LogP contribution in [-0.4, -0.2) is 47.6 Å². The van der Waals surface area contributed by atoms with E-state index in [0.717, 1.165) is 25.8 Å². The fraction of sp³-hybridized carbons (Fsp3) is 0.833. The molecule has 5 nitrogen and oxygen atoms in total. The predicted octanol–water partition coefficient (Wildman–Crippen LogP) is 0.308. The van der Waals surface area contributed by atoms with Crippen molar-refractivity contribution < 1.29 is 14.7 Å². The van der Waals surface area contributed by atoms with Crippen molar-refractivity contribution in [3.8, 4) is 0 Å². The molecular weight excluding hydrogens is 220 g/mol. The van der Waals surface area contributed by atoms with E-state index in [-0.39, 0.29) is 18.5 Å². The molecule has 1 amide bonds. The van der Waals surface area contributed by atoms with Gasteiger partial charge in [0, 0.05) is 6.54 Å². The third-order valence-corrected chi connectivity index (χ3v) is 3.61. The summed E-state index contributed by atoms with van der Waals surface area (Å²) in [6, 6.07) is -0.187. The standard InChI is InChI=1S/C12H20N2O3/c1-8-4-5-13-11(8)12(17)14(7-10(15)16)6-9-2-3-9/h8-9,11,13H,2-7H2,1H3,(H,15,16). The van der Waals surface area contributed by atoms with Crippen LogP contribution in [0, 0.1) is 11.8 Å². The van der Waals surface area contributed by atoms with E-state index in [1.807, 2.05) is 6.92 Å². The second-order valence-electron chi connectivity index (χ2n) is 5.25. The van der Waals surface area contributed by atoms with Crippen molar-refractivity contribution in [2.75, 3.05) is 19.6 Å². The summed E-state index contributed by atoms with van der Waals surface area (Å²) in [7, 11) is 0. The molecular formula is C12H20N2O3. The Kier molecular flexibility index (Phi) is 3.66. The average molecular weight is 240 g/mol. The summed E-state index contributed by atoms with van der Waals surface area (Å²) in [5, 5.41) is 12.0. The zero-order valence-electron chi connectivity index (χ0n) is 10.2. The number of amides is 1. The first-order valence-electron chi connectivity index (χ1n) is 6.32. The first-order valence-corrected chi connectivity index (χ1v) is 6.32. The van der Waals surface area contributed by atoms with Gasteiger partial charge in [-0.1, -0.05) is 6.92 Å². The number of hydrogen-bond acceptors (Lipinski definition) is 3. The van der Waals surface area contributed by atoms with Gasteiger partial charge in [0.15, 0.2) is 0 Å². The van der Waals surface area contributed by atoms with Crippen LogP contribution in [0.3, 0.4) is 0 Å². The van der Waals surface area contributed by atoms with Crippen LogP contribution in [0.4, 0.5) is 0 Å². The van der Waals surface area contributed by atoms with Gasteiger partial charge in [-0.2, -0.15) is 0 Å². The minimum Gasteiger partial charge on any atom is -0.480 e. The van der Waals surface area contributed by atoms with E-state index in [4.69, 9.17) is 5.11 Å². The third kappa shape index (κ3) is 3.19. The maximum Gasteiger partial charge on any atom is 0.323 e. The smallest absolute Gasteiger partial charge is 0.323 e. The molecule has 1 heterocycles. The number of nitrogens with zero attached hydrogens (tertiary/aromatic N) is 1. The van der Waals surface area contributed by atoms with Gasteiger partial charge >= 0.3 is 5.97 Å². The van der Waals surface area contributed by atoms with Crippen LogP contribution in [0.15, 0.2) is 0 Å². The minimum absolute atomic E-state index is 0.0377. The highest BCUT2D eigenvalue weighted by Gasteiger charge is 2.35. The van der Waals surface area contributed by atoms with Gasteiger partial charge in [-0.15, -0.1) is 0 Å². The molecule has 2 fully saturated rings.